The molecule has 4 fully saturated rings. The molecule has 4 bridgehead atoms. The molecule has 0 spiro atoms. The van der Waals surface area contributed by atoms with E-state index in [0.717, 1.165) is 54.7 Å². The number of rotatable bonds is 3. The third kappa shape index (κ3) is 3.72. The SMILES string of the molecule is CC(=O)N1c2ccccc2CCc2ccc(NC(=O)C34C[C@H]5C[C@@H](C3)CC(c3ccc(C)cc3)(C5)C4)cc21. The number of benzene rings is 3. The van der Waals surface area contributed by atoms with Gasteiger partial charge in [-0.1, -0.05) is 54.1 Å². The molecule has 2 amide bonds. The largest absolute Gasteiger partial charge is 0.326 e. The summed E-state index contributed by atoms with van der Waals surface area (Å²) in [5.74, 6) is 1.41. The maximum absolute atomic E-state index is 14.2. The molecule has 0 saturated heterocycles. The number of hydrogen-bond acceptors (Lipinski definition) is 2. The standard InChI is InChI=1S/C34H36N2O2/c1-22-7-12-28(13-8-22)33-17-24-15-25(18-33)20-34(19-24,21-33)32(38)35-29-14-11-27-10-9-26-5-3-4-6-30(26)36(23(2)37)31(27)16-29/h3-8,11-14,16,24-25H,9-10,15,17-21H2,1-2H3,(H,35,38)/t24-,25+,33?,34?. The zero-order valence-electron chi connectivity index (χ0n) is 22.4. The minimum absolute atomic E-state index is 0.00907. The van der Waals surface area contributed by atoms with Crippen molar-refractivity contribution >= 4 is 28.9 Å². The van der Waals surface area contributed by atoms with Gasteiger partial charge in [0.2, 0.25) is 11.8 Å². The molecule has 4 heteroatoms. The van der Waals surface area contributed by atoms with Gasteiger partial charge in [-0.15, -0.1) is 0 Å². The van der Waals surface area contributed by atoms with Crippen molar-refractivity contribution in [3.8, 4) is 0 Å². The zero-order chi connectivity index (χ0) is 26.1. The second-order valence-corrected chi connectivity index (χ2v) is 12.7. The summed E-state index contributed by atoms with van der Waals surface area (Å²) in [5.41, 5.74) is 7.48. The topological polar surface area (TPSA) is 49.4 Å². The summed E-state index contributed by atoms with van der Waals surface area (Å²) in [5, 5.41) is 3.35. The first-order valence-corrected chi connectivity index (χ1v) is 14.2. The molecule has 1 N–H and O–H groups in total. The van der Waals surface area contributed by atoms with E-state index in [-0.39, 0.29) is 22.6 Å². The molecule has 8 rings (SSSR count). The van der Waals surface area contributed by atoms with E-state index in [0.29, 0.717) is 11.8 Å². The Morgan fingerprint density at radius 3 is 2.24 bits per heavy atom. The smallest absolute Gasteiger partial charge is 0.230 e. The van der Waals surface area contributed by atoms with Crippen molar-refractivity contribution in [1.82, 2.24) is 0 Å². The van der Waals surface area contributed by atoms with Crippen LogP contribution >= 0.6 is 0 Å². The molecule has 194 valence electrons. The van der Waals surface area contributed by atoms with E-state index < -0.39 is 0 Å². The van der Waals surface area contributed by atoms with Crippen LogP contribution in [-0.4, -0.2) is 11.8 Å². The number of fused-ring (bicyclic) bond motifs is 2. The van der Waals surface area contributed by atoms with Crippen LogP contribution in [0.2, 0.25) is 0 Å². The van der Waals surface area contributed by atoms with E-state index in [1.165, 1.54) is 36.0 Å². The van der Waals surface area contributed by atoms with Crippen LogP contribution in [0, 0.1) is 24.2 Å². The van der Waals surface area contributed by atoms with E-state index in [4.69, 9.17) is 0 Å². The maximum Gasteiger partial charge on any atom is 0.230 e. The predicted molar refractivity (Wildman–Crippen MR) is 152 cm³/mol. The van der Waals surface area contributed by atoms with Gasteiger partial charge in [0.05, 0.1) is 16.8 Å². The van der Waals surface area contributed by atoms with Gasteiger partial charge < -0.3 is 5.32 Å². The van der Waals surface area contributed by atoms with E-state index >= 15 is 0 Å². The summed E-state index contributed by atoms with van der Waals surface area (Å²) >= 11 is 0. The van der Waals surface area contributed by atoms with Gasteiger partial charge >= 0.3 is 0 Å². The second-order valence-electron chi connectivity index (χ2n) is 12.7. The summed E-state index contributed by atoms with van der Waals surface area (Å²) in [7, 11) is 0. The lowest BCUT2D eigenvalue weighted by Gasteiger charge is -2.61. The first-order valence-electron chi connectivity index (χ1n) is 14.2. The van der Waals surface area contributed by atoms with Gasteiger partial charge in [0, 0.05) is 12.6 Å². The molecule has 4 nitrogen and oxygen atoms in total. The molecule has 2 unspecified atom stereocenters. The zero-order valence-corrected chi connectivity index (χ0v) is 22.4. The Bertz CT molecular complexity index is 1430. The summed E-state index contributed by atoms with van der Waals surface area (Å²) < 4.78 is 0. The van der Waals surface area contributed by atoms with E-state index in [9.17, 15) is 9.59 Å². The normalized spacial score (nSPS) is 28.8. The Labute approximate surface area is 225 Å². The average Bonchev–Trinajstić information content (AvgIpc) is 3.05. The van der Waals surface area contributed by atoms with Crippen LogP contribution in [0.4, 0.5) is 17.1 Å². The van der Waals surface area contributed by atoms with Gasteiger partial charge in [-0.3, -0.25) is 14.5 Å². The molecule has 4 saturated carbocycles. The van der Waals surface area contributed by atoms with Crippen molar-refractivity contribution in [3.05, 3.63) is 89.0 Å². The summed E-state index contributed by atoms with van der Waals surface area (Å²) in [6.45, 7) is 3.77. The van der Waals surface area contributed by atoms with Gasteiger partial charge in [-0.2, -0.15) is 0 Å². The van der Waals surface area contributed by atoms with Crippen molar-refractivity contribution in [2.24, 2.45) is 17.3 Å². The highest BCUT2D eigenvalue weighted by molar-refractivity contribution is 6.02. The molecule has 38 heavy (non-hydrogen) atoms. The Morgan fingerprint density at radius 2 is 1.53 bits per heavy atom. The first kappa shape index (κ1) is 23.7. The van der Waals surface area contributed by atoms with Crippen molar-refractivity contribution in [2.45, 2.75) is 70.6 Å². The molecule has 0 aromatic heterocycles. The van der Waals surface area contributed by atoms with Crippen molar-refractivity contribution in [1.29, 1.82) is 0 Å². The fourth-order valence-electron chi connectivity index (χ4n) is 8.78. The minimum atomic E-state index is -0.311. The maximum atomic E-state index is 14.2. The minimum Gasteiger partial charge on any atom is -0.326 e. The number of para-hydroxylation sites is 1. The summed E-state index contributed by atoms with van der Waals surface area (Å²) in [6.07, 6.45) is 8.42. The van der Waals surface area contributed by atoms with Crippen LogP contribution in [0.3, 0.4) is 0 Å². The number of nitrogens with zero attached hydrogens (tertiary/aromatic N) is 1. The highest BCUT2D eigenvalue weighted by Crippen LogP contribution is 2.66. The molecule has 0 radical (unpaired) electrons. The fraction of sp³-hybridized carbons (Fsp3) is 0.412. The number of carbonyl (C=O) groups is 2. The third-order valence-corrected chi connectivity index (χ3v) is 10.0. The van der Waals surface area contributed by atoms with Crippen LogP contribution in [-0.2, 0) is 27.8 Å². The second kappa shape index (κ2) is 8.56. The Kier molecular flexibility index (Phi) is 5.34. The molecule has 3 aromatic rings. The lowest BCUT2D eigenvalue weighted by atomic mass is 9.42. The van der Waals surface area contributed by atoms with Gasteiger partial charge in [-0.05, 0) is 110 Å². The number of hydrogen-bond donors (Lipinski definition) is 1. The van der Waals surface area contributed by atoms with E-state index in [1.54, 1.807) is 6.92 Å². The van der Waals surface area contributed by atoms with Crippen LogP contribution in [0.25, 0.3) is 0 Å². The fourth-order valence-corrected chi connectivity index (χ4v) is 8.78. The molecule has 5 aliphatic rings. The van der Waals surface area contributed by atoms with Crippen molar-refractivity contribution in [2.75, 3.05) is 10.2 Å². The van der Waals surface area contributed by atoms with Crippen molar-refractivity contribution in [3.63, 3.8) is 0 Å². The van der Waals surface area contributed by atoms with Crippen LogP contribution < -0.4 is 10.2 Å². The number of aryl methyl sites for hydroxylation is 3. The highest BCUT2D eigenvalue weighted by Gasteiger charge is 2.60. The first-order chi connectivity index (χ1) is 18.3. The number of anilines is 3. The lowest BCUT2D eigenvalue weighted by molar-refractivity contribution is -0.143. The Hall–Kier alpha value is -3.40. The van der Waals surface area contributed by atoms with Crippen LogP contribution in [0.15, 0.2) is 66.7 Å². The number of amides is 2. The van der Waals surface area contributed by atoms with E-state index in [2.05, 4.69) is 48.6 Å². The summed E-state index contributed by atoms with van der Waals surface area (Å²) in [6, 6.07) is 23.4. The number of nitrogens with one attached hydrogen (secondary N) is 1. The highest BCUT2D eigenvalue weighted by atomic mass is 16.2. The quantitative estimate of drug-likeness (QED) is 0.408. The van der Waals surface area contributed by atoms with Gasteiger partial charge in [0.1, 0.15) is 0 Å². The molecule has 4 atom stereocenters. The van der Waals surface area contributed by atoms with Gasteiger partial charge in [-0.25, -0.2) is 0 Å². The third-order valence-electron chi connectivity index (χ3n) is 10.0. The van der Waals surface area contributed by atoms with Crippen LogP contribution in [0.5, 0.6) is 0 Å². The van der Waals surface area contributed by atoms with Gasteiger partial charge in [0.15, 0.2) is 0 Å². The molecular weight excluding hydrogens is 468 g/mol. The average molecular weight is 505 g/mol. The molecule has 1 aliphatic heterocycles. The monoisotopic (exact) mass is 504 g/mol. The molecule has 4 aliphatic carbocycles. The summed E-state index contributed by atoms with van der Waals surface area (Å²) in [4.78, 5) is 28.8. The number of carbonyl (C=O) groups excluding carboxylic acids is 2. The molecular formula is C34H36N2O2. The Morgan fingerprint density at radius 1 is 0.842 bits per heavy atom. The molecule has 1 heterocycles. The Balaban J connectivity index is 1.21. The predicted octanol–water partition coefficient (Wildman–Crippen LogP) is 7.25. The van der Waals surface area contributed by atoms with Crippen molar-refractivity contribution < 1.29 is 9.59 Å². The lowest BCUT2D eigenvalue weighted by Crippen LogP contribution is -2.58. The van der Waals surface area contributed by atoms with E-state index in [1.807, 2.05) is 35.2 Å². The molecule has 3 aromatic carbocycles. The van der Waals surface area contributed by atoms with Crippen LogP contribution in [0.1, 0.15) is 67.7 Å². The van der Waals surface area contributed by atoms with Gasteiger partial charge in [0.25, 0.3) is 0 Å².